The number of unbranched alkanes of at least 4 members (excludes halogenated alkanes) is 2. The minimum atomic E-state index is -1.23. The molecule has 0 radical (unpaired) electrons. The van der Waals surface area contributed by atoms with Gasteiger partial charge in [0, 0.05) is 0 Å². The van der Waals surface area contributed by atoms with Gasteiger partial charge in [-0.2, -0.15) is 0 Å². The van der Waals surface area contributed by atoms with Crippen molar-refractivity contribution in [3.05, 3.63) is 11.8 Å². The molecule has 0 unspecified atom stereocenters. The third kappa shape index (κ3) is 6.38. The highest BCUT2D eigenvalue weighted by Crippen LogP contribution is 2.19. The molecule has 84 valence electrons. The van der Waals surface area contributed by atoms with E-state index < -0.39 is 8.07 Å². The zero-order chi connectivity index (χ0) is 11.2. The van der Waals surface area contributed by atoms with E-state index in [0.717, 1.165) is 19.3 Å². The van der Waals surface area contributed by atoms with Crippen LogP contribution in [0.2, 0.25) is 19.6 Å². The summed E-state index contributed by atoms with van der Waals surface area (Å²) in [4.78, 5) is 0. The van der Waals surface area contributed by atoms with E-state index in [4.69, 9.17) is 0 Å². The Morgan fingerprint density at radius 3 is 2.29 bits per heavy atom. The van der Waals surface area contributed by atoms with Crippen molar-refractivity contribution in [1.29, 1.82) is 0 Å². The number of hydrogen-bond donors (Lipinski definition) is 1. The summed E-state index contributed by atoms with van der Waals surface area (Å²) < 4.78 is 0. The second-order valence-electron chi connectivity index (χ2n) is 5.21. The van der Waals surface area contributed by atoms with Gasteiger partial charge >= 0.3 is 0 Å². The molecular weight excluding hydrogens is 188 g/mol. The molecule has 0 saturated carbocycles. The Balaban J connectivity index is 3.72. The summed E-state index contributed by atoms with van der Waals surface area (Å²) >= 11 is 0. The number of rotatable bonds is 7. The van der Waals surface area contributed by atoms with Crippen LogP contribution in [-0.2, 0) is 0 Å². The van der Waals surface area contributed by atoms with Crippen LogP contribution in [0.25, 0.3) is 0 Å². The molecule has 0 aliphatic carbocycles. The zero-order valence-corrected chi connectivity index (χ0v) is 11.3. The number of aliphatic hydroxyl groups excluding tert-OH is 1. The van der Waals surface area contributed by atoms with Crippen molar-refractivity contribution in [2.75, 3.05) is 0 Å². The first kappa shape index (κ1) is 13.9. The molecule has 0 aliphatic rings. The summed E-state index contributed by atoms with van der Waals surface area (Å²) in [7, 11) is -1.23. The molecule has 1 N–H and O–H groups in total. The lowest BCUT2D eigenvalue weighted by atomic mass is 10.1. The Labute approximate surface area is 90.2 Å². The van der Waals surface area contributed by atoms with E-state index in [1.807, 2.05) is 0 Å². The molecule has 0 rings (SSSR count). The first-order valence-electron chi connectivity index (χ1n) is 5.74. The first-order valence-corrected chi connectivity index (χ1v) is 9.24. The van der Waals surface area contributed by atoms with E-state index >= 15 is 0 Å². The van der Waals surface area contributed by atoms with Crippen LogP contribution < -0.4 is 0 Å². The highest BCUT2D eigenvalue weighted by Gasteiger charge is 2.19. The minimum Gasteiger partial charge on any atom is -0.393 e. The molecule has 0 bridgehead atoms. The maximum atomic E-state index is 9.77. The normalized spacial score (nSPS) is 14.1. The molecular formula is C12H26OSi. The number of aliphatic hydroxyl groups is 1. The maximum absolute atomic E-state index is 9.77. The smallest absolute Gasteiger partial charge is 0.0717 e. The van der Waals surface area contributed by atoms with Gasteiger partial charge in [0.05, 0.1) is 14.2 Å². The second kappa shape index (κ2) is 6.41. The van der Waals surface area contributed by atoms with Crippen molar-refractivity contribution in [2.45, 2.75) is 64.8 Å². The monoisotopic (exact) mass is 214 g/mol. The van der Waals surface area contributed by atoms with Gasteiger partial charge in [-0.15, -0.1) is 6.58 Å². The Morgan fingerprint density at radius 2 is 1.86 bits per heavy atom. The summed E-state index contributed by atoms with van der Waals surface area (Å²) in [6.07, 6.45) is 5.21. The van der Waals surface area contributed by atoms with Crippen LogP contribution in [0.3, 0.4) is 0 Å². The molecule has 1 nitrogen and oxygen atoms in total. The third-order valence-electron chi connectivity index (χ3n) is 2.68. The highest BCUT2D eigenvalue weighted by molar-refractivity contribution is 6.82. The summed E-state index contributed by atoms with van der Waals surface area (Å²) in [6, 6.07) is 0. The molecule has 0 amide bonds. The largest absolute Gasteiger partial charge is 0.393 e. The van der Waals surface area contributed by atoms with Gasteiger partial charge in [-0.05, 0) is 12.8 Å². The highest BCUT2D eigenvalue weighted by atomic mass is 28.3. The van der Waals surface area contributed by atoms with Crippen molar-refractivity contribution < 1.29 is 5.11 Å². The summed E-state index contributed by atoms with van der Waals surface area (Å²) in [6.45, 7) is 13.1. The minimum absolute atomic E-state index is 0.152. The molecule has 0 aliphatic heterocycles. The van der Waals surface area contributed by atoms with Gasteiger partial charge in [-0.3, -0.25) is 0 Å². The average Bonchev–Trinajstić information content (AvgIpc) is 2.03. The fraction of sp³-hybridized carbons (Fsp3) is 0.833. The molecule has 0 saturated heterocycles. The molecule has 14 heavy (non-hydrogen) atoms. The van der Waals surface area contributed by atoms with Crippen LogP contribution in [0, 0.1) is 0 Å². The van der Waals surface area contributed by atoms with Gasteiger partial charge in [0.25, 0.3) is 0 Å². The van der Waals surface area contributed by atoms with Crippen molar-refractivity contribution >= 4 is 8.07 Å². The van der Waals surface area contributed by atoms with Crippen molar-refractivity contribution in [2.24, 2.45) is 0 Å². The fourth-order valence-corrected chi connectivity index (χ4v) is 2.17. The predicted octanol–water partition coefficient (Wildman–Crippen LogP) is 3.75. The average molecular weight is 214 g/mol. The maximum Gasteiger partial charge on any atom is 0.0717 e. The summed E-state index contributed by atoms with van der Waals surface area (Å²) in [5.74, 6) is 0. The van der Waals surface area contributed by atoms with E-state index in [1.54, 1.807) is 0 Å². The first-order chi connectivity index (χ1) is 6.38. The molecule has 0 spiro atoms. The van der Waals surface area contributed by atoms with Gasteiger partial charge in [0.2, 0.25) is 0 Å². The Kier molecular flexibility index (Phi) is 6.37. The number of hydrogen-bond acceptors (Lipinski definition) is 1. The lowest BCUT2D eigenvalue weighted by Gasteiger charge is -2.22. The van der Waals surface area contributed by atoms with E-state index in [2.05, 4.69) is 33.1 Å². The molecule has 1 atom stereocenters. The predicted molar refractivity (Wildman–Crippen MR) is 67.3 cm³/mol. The van der Waals surface area contributed by atoms with Crippen LogP contribution >= 0.6 is 0 Å². The van der Waals surface area contributed by atoms with Crippen LogP contribution in [0.5, 0.6) is 0 Å². The quantitative estimate of drug-likeness (QED) is 0.505. The van der Waals surface area contributed by atoms with Gasteiger partial charge in [0.15, 0.2) is 0 Å². The van der Waals surface area contributed by atoms with Crippen LogP contribution in [0.4, 0.5) is 0 Å². The molecule has 0 aromatic heterocycles. The zero-order valence-electron chi connectivity index (χ0n) is 10.3. The SMILES string of the molecule is C=C(C[C@H](O)CCCCC)[Si](C)(C)C. The standard InChI is InChI=1S/C12H26OSi/c1-6-7-8-9-12(13)10-11(2)14(3,4)5/h12-13H,2,6-10H2,1,3-5H3/t12-/m1/s1. The van der Waals surface area contributed by atoms with Gasteiger partial charge < -0.3 is 5.11 Å². The lowest BCUT2D eigenvalue weighted by Crippen LogP contribution is -2.26. The summed E-state index contributed by atoms with van der Waals surface area (Å²) in [5.41, 5.74) is 0. The van der Waals surface area contributed by atoms with Gasteiger partial charge in [-0.25, -0.2) is 0 Å². The van der Waals surface area contributed by atoms with Crippen molar-refractivity contribution in [1.82, 2.24) is 0 Å². The topological polar surface area (TPSA) is 20.2 Å². The van der Waals surface area contributed by atoms with Gasteiger partial charge in [0.1, 0.15) is 0 Å². The third-order valence-corrected chi connectivity index (χ3v) is 5.01. The van der Waals surface area contributed by atoms with Crippen molar-refractivity contribution in [3.8, 4) is 0 Å². The molecule has 0 aromatic rings. The van der Waals surface area contributed by atoms with E-state index in [0.29, 0.717) is 0 Å². The molecule has 0 aromatic carbocycles. The van der Waals surface area contributed by atoms with E-state index in [9.17, 15) is 5.11 Å². The van der Waals surface area contributed by atoms with E-state index in [-0.39, 0.29) is 6.10 Å². The van der Waals surface area contributed by atoms with Gasteiger partial charge in [-0.1, -0.05) is 51.0 Å². The summed E-state index contributed by atoms with van der Waals surface area (Å²) in [5, 5.41) is 11.1. The van der Waals surface area contributed by atoms with E-state index in [1.165, 1.54) is 18.0 Å². The second-order valence-corrected chi connectivity index (χ2v) is 10.4. The van der Waals surface area contributed by atoms with Crippen LogP contribution in [0.15, 0.2) is 11.8 Å². The molecule has 2 heteroatoms. The Hall–Kier alpha value is -0.0831. The van der Waals surface area contributed by atoms with Crippen molar-refractivity contribution in [3.63, 3.8) is 0 Å². The molecule has 0 heterocycles. The lowest BCUT2D eigenvalue weighted by molar-refractivity contribution is 0.162. The Morgan fingerprint density at radius 1 is 1.29 bits per heavy atom. The van der Waals surface area contributed by atoms with Crippen LogP contribution in [0.1, 0.15) is 39.0 Å². The fourth-order valence-electron chi connectivity index (χ4n) is 1.32. The Bertz CT molecular complexity index is 170. The molecule has 0 fully saturated rings. The van der Waals surface area contributed by atoms with Crippen LogP contribution in [-0.4, -0.2) is 19.3 Å².